The van der Waals surface area contributed by atoms with Gasteiger partial charge in [-0.3, -0.25) is 9.59 Å². The van der Waals surface area contributed by atoms with Crippen LogP contribution in [0.2, 0.25) is 0 Å². The Bertz CT molecular complexity index is 962. The van der Waals surface area contributed by atoms with Crippen molar-refractivity contribution in [1.29, 1.82) is 0 Å². The number of para-hydroxylation sites is 1. The quantitative estimate of drug-likeness (QED) is 0.449. The molecule has 0 saturated carbocycles. The highest BCUT2D eigenvalue weighted by Gasteiger charge is 2.25. The summed E-state index contributed by atoms with van der Waals surface area (Å²) >= 11 is 3.09. The summed E-state index contributed by atoms with van der Waals surface area (Å²) in [4.78, 5) is 25.7. The standard InChI is InChI=1S/C21H17NO4S2/c23-16(8-6-14-7-9-17-18(12-14)26-13-25-17)19(21-27-10-11-28-21)20(24)22-15-4-2-1-3-5-15/h1-9,12H,10-11,13H2,(H,22,24)/b8-6+. The molecule has 0 aromatic heterocycles. The van der Waals surface area contributed by atoms with Crippen LogP contribution < -0.4 is 14.8 Å². The van der Waals surface area contributed by atoms with Crippen LogP contribution in [0.15, 0.2) is 64.4 Å². The van der Waals surface area contributed by atoms with Crippen molar-refractivity contribution >= 4 is 47.0 Å². The molecular formula is C21H17NO4S2. The monoisotopic (exact) mass is 411 g/mol. The molecule has 1 N–H and O–H groups in total. The predicted molar refractivity (Wildman–Crippen MR) is 114 cm³/mol. The van der Waals surface area contributed by atoms with Crippen molar-refractivity contribution in [2.24, 2.45) is 0 Å². The SMILES string of the molecule is O=C(/C=C/c1ccc2c(c1)OCO2)C(C(=O)Nc1ccccc1)=C1SCCS1. The van der Waals surface area contributed by atoms with E-state index in [0.717, 1.165) is 21.3 Å². The first-order valence-corrected chi connectivity index (χ1v) is 10.7. The van der Waals surface area contributed by atoms with E-state index in [4.69, 9.17) is 9.47 Å². The Morgan fingerprint density at radius 2 is 1.71 bits per heavy atom. The van der Waals surface area contributed by atoms with E-state index < -0.39 is 0 Å². The van der Waals surface area contributed by atoms with Crippen molar-refractivity contribution in [3.63, 3.8) is 0 Å². The molecule has 1 amide bonds. The van der Waals surface area contributed by atoms with Gasteiger partial charge in [0.1, 0.15) is 5.57 Å². The van der Waals surface area contributed by atoms with Gasteiger partial charge in [-0.05, 0) is 35.9 Å². The van der Waals surface area contributed by atoms with Crippen LogP contribution in [0.4, 0.5) is 5.69 Å². The fourth-order valence-corrected chi connectivity index (χ4v) is 5.29. The second-order valence-corrected chi connectivity index (χ2v) is 8.46. The molecule has 0 radical (unpaired) electrons. The lowest BCUT2D eigenvalue weighted by molar-refractivity contribution is -0.117. The number of allylic oxidation sites excluding steroid dienone is 1. The van der Waals surface area contributed by atoms with Crippen LogP contribution in [0.1, 0.15) is 5.56 Å². The van der Waals surface area contributed by atoms with Crippen molar-refractivity contribution in [3.05, 3.63) is 70.0 Å². The fourth-order valence-electron chi connectivity index (χ4n) is 2.75. The minimum absolute atomic E-state index is 0.188. The number of hydrogen-bond acceptors (Lipinski definition) is 6. The van der Waals surface area contributed by atoms with Crippen LogP contribution >= 0.6 is 23.5 Å². The topological polar surface area (TPSA) is 64.6 Å². The van der Waals surface area contributed by atoms with E-state index in [1.54, 1.807) is 47.8 Å². The highest BCUT2D eigenvalue weighted by molar-refractivity contribution is 8.25. The van der Waals surface area contributed by atoms with Crippen molar-refractivity contribution in [1.82, 2.24) is 0 Å². The van der Waals surface area contributed by atoms with Gasteiger partial charge in [-0.25, -0.2) is 0 Å². The zero-order valence-corrected chi connectivity index (χ0v) is 16.5. The predicted octanol–water partition coefficient (Wildman–Crippen LogP) is 4.33. The van der Waals surface area contributed by atoms with E-state index >= 15 is 0 Å². The van der Waals surface area contributed by atoms with Gasteiger partial charge in [0.25, 0.3) is 5.91 Å². The summed E-state index contributed by atoms with van der Waals surface area (Å²) in [6.07, 6.45) is 3.12. The zero-order valence-electron chi connectivity index (χ0n) is 14.8. The van der Waals surface area contributed by atoms with Crippen LogP contribution in [-0.2, 0) is 9.59 Å². The summed E-state index contributed by atoms with van der Waals surface area (Å²) in [6, 6.07) is 14.6. The molecule has 7 heteroatoms. The molecule has 2 aliphatic rings. The lowest BCUT2D eigenvalue weighted by atomic mass is 10.1. The highest BCUT2D eigenvalue weighted by atomic mass is 32.2. The maximum absolute atomic E-state index is 12.9. The van der Waals surface area contributed by atoms with E-state index in [-0.39, 0.29) is 24.1 Å². The maximum atomic E-state index is 12.9. The Morgan fingerprint density at radius 1 is 0.964 bits per heavy atom. The summed E-state index contributed by atoms with van der Waals surface area (Å²) in [6.45, 7) is 0.200. The van der Waals surface area contributed by atoms with Gasteiger partial charge in [-0.15, -0.1) is 23.5 Å². The third kappa shape index (κ3) is 4.26. The molecule has 5 nitrogen and oxygen atoms in total. The first kappa shape index (κ1) is 18.7. The molecule has 0 bridgehead atoms. The number of hydrogen-bond donors (Lipinski definition) is 1. The molecule has 0 atom stereocenters. The van der Waals surface area contributed by atoms with Crippen LogP contribution in [0, 0.1) is 0 Å². The zero-order chi connectivity index (χ0) is 19.3. The van der Waals surface area contributed by atoms with Crippen LogP contribution in [0.3, 0.4) is 0 Å². The molecule has 4 rings (SSSR count). The minimum atomic E-state index is -0.386. The van der Waals surface area contributed by atoms with Crippen molar-refractivity contribution in [2.45, 2.75) is 0 Å². The van der Waals surface area contributed by atoms with E-state index in [0.29, 0.717) is 17.2 Å². The number of rotatable bonds is 5. The van der Waals surface area contributed by atoms with Crippen LogP contribution in [0.5, 0.6) is 11.5 Å². The summed E-state index contributed by atoms with van der Waals surface area (Å²) in [7, 11) is 0. The van der Waals surface area contributed by atoms with E-state index in [2.05, 4.69) is 5.32 Å². The summed E-state index contributed by atoms with van der Waals surface area (Å²) in [5.74, 6) is 2.42. The molecule has 2 aromatic rings. The third-order valence-corrected chi connectivity index (χ3v) is 6.80. The Labute approximate surface area is 171 Å². The Morgan fingerprint density at radius 3 is 2.50 bits per heavy atom. The summed E-state index contributed by atoms with van der Waals surface area (Å²) < 4.78 is 11.4. The highest BCUT2D eigenvalue weighted by Crippen LogP contribution is 2.39. The molecular weight excluding hydrogens is 394 g/mol. The number of ether oxygens (including phenoxy) is 2. The fraction of sp³-hybridized carbons (Fsp3) is 0.143. The molecule has 2 aromatic carbocycles. The first-order chi connectivity index (χ1) is 13.7. The number of thioether (sulfide) groups is 2. The molecule has 142 valence electrons. The molecule has 28 heavy (non-hydrogen) atoms. The minimum Gasteiger partial charge on any atom is -0.454 e. The number of carbonyl (C=O) groups is 2. The van der Waals surface area contributed by atoms with Gasteiger partial charge in [-0.1, -0.05) is 30.3 Å². The summed E-state index contributed by atoms with van der Waals surface area (Å²) in [5.41, 5.74) is 1.65. The van der Waals surface area contributed by atoms with Crippen LogP contribution in [-0.4, -0.2) is 30.0 Å². The normalized spacial score (nSPS) is 15.1. The smallest absolute Gasteiger partial charge is 0.261 e. The lowest BCUT2D eigenvalue weighted by Crippen LogP contribution is -2.20. The van der Waals surface area contributed by atoms with Gasteiger partial charge in [0.05, 0.1) is 4.24 Å². The number of ketones is 1. The van der Waals surface area contributed by atoms with Gasteiger partial charge in [-0.2, -0.15) is 0 Å². The molecule has 2 heterocycles. The first-order valence-electron chi connectivity index (χ1n) is 8.69. The number of fused-ring (bicyclic) bond motifs is 1. The number of carbonyl (C=O) groups excluding carboxylic acids is 2. The van der Waals surface area contributed by atoms with Crippen molar-refractivity contribution in [3.8, 4) is 11.5 Å². The van der Waals surface area contributed by atoms with Crippen LogP contribution in [0.25, 0.3) is 6.08 Å². The van der Waals surface area contributed by atoms with Crippen molar-refractivity contribution < 1.29 is 19.1 Å². The maximum Gasteiger partial charge on any atom is 0.261 e. The Hall–Kier alpha value is -2.64. The van der Waals surface area contributed by atoms with Gasteiger partial charge < -0.3 is 14.8 Å². The summed E-state index contributed by atoms with van der Waals surface area (Å²) in [5, 5.41) is 2.82. The third-order valence-electron chi connectivity index (χ3n) is 4.08. The van der Waals surface area contributed by atoms with Gasteiger partial charge in [0.15, 0.2) is 17.3 Å². The number of amides is 1. The molecule has 0 spiro atoms. The molecule has 0 aliphatic carbocycles. The second-order valence-electron chi connectivity index (χ2n) is 5.99. The van der Waals surface area contributed by atoms with Gasteiger partial charge in [0, 0.05) is 17.2 Å². The van der Waals surface area contributed by atoms with Gasteiger partial charge in [0.2, 0.25) is 6.79 Å². The van der Waals surface area contributed by atoms with E-state index in [1.165, 1.54) is 6.08 Å². The van der Waals surface area contributed by atoms with Crippen molar-refractivity contribution in [2.75, 3.05) is 23.6 Å². The molecule has 2 aliphatic heterocycles. The van der Waals surface area contributed by atoms with Gasteiger partial charge >= 0.3 is 0 Å². The Kier molecular flexibility index (Phi) is 5.73. The largest absolute Gasteiger partial charge is 0.454 e. The molecule has 1 saturated heterocycles. The van der Waals surface area contributed by atoms with E-state index in [9.17, 15) is 9.59 Å². The number of anilines is 1. The number of nitrogens with one attached hydrogen (secondary N) is 1. The Balaban J connectivity index is 1.55. The molecule has 1 fully saturated rings. The van der Waals surface area contributed by atoms with E-state index in [1.807, 2.05) is 30.3 Å². The lowest BCUT2D eigenvalue weighted by Gasteiger charge is -2.09. The number of benzene rings is 2. The average Bonchev–Trinajstić information content (AvgIpc) is 3.39. The average molecular weight is 412 g/mol. The molecule has 0 unspecified atom stereocenters. The second kappa shape index (κ2) is 8.58.